The Hall–Kier alpha value is -3.00. The molecule has 1 N–H and O–H groups in total. The normalized spacial score (nSPS) is 11.4. The van der Waals surface area contributed by atoms with Gasteiger partial charge in [0.15, 0.2) is 0 Å². The molecule has 2 aromatic heterocycles. The van der Waals surface area contributed by atoms with Gasteiger partial charge >= 0.3 is 0 Å². The molecule has 0 aliphatic carbocycles. The summed E-state index contributed by atoms with van der Waals surface area (Å²) in [6, 6.07) is 8.16. The Kier molecular flexibility index (Phi) is 5.66. The number of hydrogen-bond donors (Lipinski definition) is 1. The van der Waals surface area contributed by atoms with Gasteiger partial charge in [0, 0.05) is 24.5 Å². The Morgan fingerprint density at radius 2 is 2.04 bits per heavy atom. The highest BCUT2D eigenvalue weighted by Gasteiger charge is 2.11. The lowest BCUT2D eigenvalue weighted by molar-refractivity contribution is 0.302. The Morgan fingerprint density at radius 3 is 2.67 bits per heavy atom. The molecule has 0 radical (unpaired) electrons. The Morgan fingerprint density at radius 1 is 1.22 bits per heavy atom. The second-order valence-corrected chi connectivity index (χ2v) is 6.40. The summed E-state index contributed by atoms with van der Waals surface area (Å²) < 4.78 is 3.33. The highest BCUT2D eigenvalue weighted by atomic mass is 16.3. The van der Waals surface area contributed by atoms with Gasteiger partial charge in [-0.1, -0.05) is 6.07 Å². The van der Waals surface area contributed by atoms with Crippen LogP contribution in [-0.2, 0) is 0 Å². The third-order valence-corrected chi connectivity index (χ3v) is 4.40. The van der Waals surface area contributed by atoms with Crippen LogP contribution < -0.4 is 4.90 Å². The Balaban J connectivity index is 1.85. The molecule has 8 nitrogen and oxygen atoms in total. The summed E-state index contributed by atoms with van der Waals surface area (Å²) in [7, 11) is 0. The number of aryl methyl sites for hydroxylation is 3. The van der Waals surface area contributed by atoms with Crippen LogP contribution >= 0.6 is 0 Å². The van der Waals surface area contributed by atoms with Crippen LogP contribution in [0.5, 0.6) is 0 Å². The standard InChI is InChI=1S/C19H25N7O/c1-5-24(8-9-27)18-7-6-17(14(2)10-18)12-21-25-13-20-22-19(25)26-16(4)11-15(3)23-26/h6-7,10-13,27H,5,8-9H2,1-4H3/b21-12-. The molecular weight excluding hydrogens is 342 g/mol. The molecule has 3 rings (SSSR count). The molecule has 0 aliphatic rings. The van der Waals surface area contributed by atoms with Crippen molar-refractivity contribution in [3.63, 3.8) is 0 Å². The first-order valence-electron chi connectivity index (χ1n) is 8.98. The quantitative estimate of drug-likeness (QED) is 0.647. The lowest BCUT2D eigenvalue weighted by atomic mass is 10.1. The van der Waals surface area contributed by atoms with E-state index in [0.29, 0.717) is 12.5 Å². The number of aliphatic hydroxyl groups is 1. The summed E-state index contributed by atoms with van der Waals surface area (Å²) in [6.45, 7) is 9.64. The van der Waals surface area contributed by atoms with Gasteiger partial charge in [-0.25, -0.2) is 4.68 Å². The Labute approximate surface area is 158 Å². The van der Waals surface area contributed by atoms with Gasteiger partial charge in [-0.3, -0.25) is 0 Å². The van der Waals surface area contributed by atoms with Crippen LogP contribution in [-0.4, -0.2) is 55.7 Å². The van der Waals surface area contributed by atoms with E-state index in [1.807, 2.05) is 39.0 Å². The molecular formula is C19H25N7O. The van der Waals surface area contributed by atoms with Crippen molar-refractivity contribution in [1.29, 1.82) is 0 Å². The largest absolute Gasteiger partial charge is 0.395 e. The van der Waals surface area contributed by atoms with Gasteiger partial charge in [-0.05, 0) is 57.0 Å². The van der Waals surface area contributed by atoms with E-state index in [9.17, 15) is 5.11 Å². The summed E-state index contributed by atoms with van der Waals surface area (Å²) in [6.07, 6.45) is 3.35. The van der Waals surface area contributed by atoms with Gasteiger partial charge < -0.3 is 10.0 Å². The molecule has 0 spiro atoms. The van der Waals surface area contributed by atoms with Crippen LogP contribution in [0.1, 0.15) is 29.4 Å². The van der Waals surface area contributed by atoms with Crippen LogP contribution in [0, 0.1) is 20.8 Å². The van der Waals surface area contributed by atoms with Crippen LogP contribution in [0.2, 0.25) is 0 Å². The smallest absolute Gasteiger partial charge is 0.273 e. The zero-order chi connectivity index (χ0) is 19.4. The monoisotopic (exact) mass is 367 g/mol. The predicted molar refractivity (Wildman–Crippen MR) is 106 cm³/mol. The first-order valence-corrected chi connectivity index (χ1v) is 8.98. The average Bonchev–Trinajstić information content (AvgIpc) is 3.24. The molecule has 0 bridgehead atoms. The van der Waals surface area contributed by atoms with E-state index in [-0.39, 0.29) is 6.61 Å². The first-order chi connectivity index (χ1) is 13.0. The molecule has 2 heterocycles. The maximum atomic E-state index is 9.20. The number of hydrogen-bond acceptors (Lipinski definition) is 6. The second-order valence-electron chi connectivity index (χ2n) is 6.40. The summed E-state index contributed by atoms with van der Waals surface area (Å²) in [5, 5.41) is 26.2. The number of aromatic nitrogens is 5. The molecule has 0 saturated heterocycles. The van der Waals surface area contributed by atoms with E-state index in [1.165, 1.54) is 0 Å². The van der Waals surface area contributed by atoms with Crippen molar-refractivity contribution in [2.45, 2.75) is 27.7 Å². The van der Waals surface area contributed by atoms with Gasteiger partial charge in [-0.2, -0.15) is 14.9 Å². The molecule has 0 saturated carbocycles. The molecule has 0 atom stereocenters. The van der Waals surface area contributed by atoms with Gasteiger partial charge in [0.1, 0.15) is 6.33 Å². The van der Waals surface area contributed by atoms with Crippen molar-refractivity contribution in [2.24, 2.45) is 5.10 Å². The van der Waals surface area contributed by atoms with Crippen LogP contribution in [0.15, 0.2) is 35.7 Å². The molecule has 0 amide bonds. The van der Waals surface area contributed by atoms with Crippen molar-refractivity contribution in [1.82, 2.24) is 24.7 Å². The molecule has 27 heavy (non-hydrogen) atoms. The summed E-state index contributed by atoms with van der Waals surface area (Å²) in [4.78, 5) is 2.13. The van der Waals surface area contributed by atoms with E-state index in [2.05, 4.69) is 38.3 Å². The van der Waals surface area contributed by atoms with E-state index < -0.39 is 0 Å². The molecule has 1 aromatic carbocycles. The molecule has 0 fully saturated rings. The number of rotatable bonds is 7. The van der Waals surface area contributed by atoms with Crippen molar-refractivity contribution >= 4 is 11.9 Å². The van der Waals surface area contributed by atoms with E-state index in [0.717, 1.165) is 34.7 Å². The SMILES string of the molecule is CCN(CCO)c1ccc(/C=N\n2cnnc2-n2nc(C)cc2C)c(C)c1. The number of benzene rings is 1. The number of anilines is 1. The topological polar surface area (TPSA) is 84.4 Å². The Bertz CT molecular complexity index is 941. The van der Waals surface area contributed by atoms with Crippen LogP contribution in [0.3, 0.4) is 0 Å². The summed E-state index contributed by atoms with van der Waals surface area (Å²) in [5.41, 5.74) is 5.09. The molecule has 0 aliphatic heterocycles. The van der Waals surface area contributed by atoms with E-state index >= 15 is 0 Å². The van der Waals surface area contributed by atoms with Gasteiger partial charge in [0.2, 0.25) is 0 Å². The minimum absolute atomic E-state index is 0.138. The van der Waals surface area contributed by atoms with Gasteiger partial charge in [-0.15, -0.1) is 10.2 Å². The van der Waals surface area contributed by atoms with Gasteiger partial charge in [0.05, 0.1) is 18.5 Å². The summed E-state index contributed by atoms with van der Waals surface area (Å²) >= 11 is 0. The minimum Gasteiger partial charge on any atom is -0.395 e. The van der Waals surface area contributed by atoms with Gasteiger partial charge in [0.25, 0.3) is 5.95 Å². The first kappa shape index (κ1) is 18.8. The van der Waals surface area contributed by atoms with Crippen LogP contribution in [0.25, 0.3) is 5.95 Å². The fourth-order valence-corrected chi connectivity index (χ4v) is 2.99. The lowest BCUT2D eigenvalue weighted by Gasteiger charge is -2.22. The zero-order valence-electron chi connectivity index (χ0n) is 16.2. The fourth-order valence-electron chi connectivity index (χ4n) is 2.99. The maximum Gasteiger partial charge on any atom is 0.273 e. The zero-order valence-corrected chi connectivity index (χ0v) is 16.2. The molecule has 0 unspecified atom stereocenters. The lowest BCUT2D eigenvalue weighted by Crippen LogP contribution is -2.26. The predicted octanol–water partition coefficient (Wildman–Crippen LogP) is 2.09. The minimum atomic E-state index is 0.138. The third kappa shape index (κ3) is 4.06. The number of likely N-dealkylation sites (N-methyl/N-ethyl adjacent to an activating group) is 1. The highest BCUT2D eigenvalue weighted by molar-refractivity contribution is 5.82. The maximum absolute atomic E-state index is 9.20. The van der Waals surface area contributed by atoms with E-state index in [1.54, 1.807) is 21.9 Å². The highest BCUT2D eigenvalue weighted by Crippen LogP contribution is 2.18. The van der Waals surface area contributed by atoms with Crippen molar-refractivity contribution < 1.29 is 5.11 Å². The van der Waals surface area contributed by atoms with Crippen LogP contribution in [0.4, 0.5) is 5.69 Å². The molecule has 3 aromatic rings. The molecule has 142 valence electrons. The third-order valence-electron chi connectivity index (χ3n) is 4.40. The van der Waals surface area contributed by atoms with Crippen molar-refractivity contribution in [3.05, 3.63) is 53.1 Å². The fraction of sp³-hybridized carbons (Fsp3) is 0.368. The average molecular weight is 367 g/mol. The van der Waals surface area contributed by atoms with E-state index in [4.69, 9.17) is 0 Å². The number of nitrogens with zero attached hydrogens (tertiary/aromatic N) is 7. The second kappa shape index (κ2) is 8.13. The number of aliphatic hydroxyl groups excluding tert-OH is 1. The van der Waals surface area contributed by atoms with Crippen molar-refractivity contribution in [3.8, 4) is 5.95 Å². The summed E-state index contributed by atoms with van der Waals surface area (Å²) in [5.74, 6) is 0.547. The molecule has 8 heteroatoms. The van der Waals surface area contributed by atoms with Crippen molar-refractivity contribution in [2.75, 3.05) is 24.6 Å².